The quantitative estimate of drug-likeness (QED) is 0.723. The molecule has 0 saturated heterocycles. The predicted molar refractivity (Wildman–Crippen MR) is 95.0 cm³/mol. The van der Waals surface area contributed by atoms with Crippen molar-refractivity contribution in [3.63, 3.8) is 0 Å². The van der Waals surface area contributed by atoms with Gasteiger partial charge in [-0.05, 0) is 29.3 Å². The SMILES string of the molecule is O=C(NCc1cccc(Cn2ccnc2)c1)Nc1cc(Cl)ccc1F. The molecular formula is C18H16ClFN4O. The first-order valence-electron chi connectivity index (χ1n) is 7.63. The van der Waals surface area contributed by atoms with E-state index < -0.39 is 11.8 Å². The molecule has 0 aliphatic heterocycles. The third-order valence-electron chi connectivity index (χ3n) is 3.55. The molecule has 0 spiro atoms. The number of rotatable bonds is 5. The molecule has 2 amide bonds. The molecule has 0 unspecified atom stereocenters. The summed E-state index contributed by atoms with van der Waals surface area (Å²) in [6.45, 7) is 1.03. The van der Waals surface area contributed by atoms with Gasteiger partial charge in [-0.25, -0.2) is 14.2 Å². The Labute approximate surface area is 149 Å². The minimum Gasteiger partial charge on any atom is -0.334 e. The monoisotopic (exact) mass is 358 g/mol. The van der Waals surface area contributed by atoms with Crippen LogP contribution in [-0.4, -0.2) is 15.6 Å². The number of nitrogens with zero attached hydrogens (tertiary/aromatic N) is 2. The molecule has 2 aromatic carbocycles. The Kier molecular flexibility index (Phi) is 5.30. The van der Waals surface area contributed by atoms with Crippen LogP contribution in [0.1, 0.15) is 11.1 Å². The molecule has 0 aliphatic carbocycles. The van der Waals surface area contributed by atoms with E-state index in [2.05, 4.69) is 15.6 Å². The van der Waals surface area contributed by atoms with Crippen molar-refractivity contribution in [2.45, 2.75) is 13.1 Å². The van der Waals surface area contributed by atoms with E-state index in [0.29, 0.717) is 18.1 Å². The summed E-state index contributed by atoms with van der Waals surface area (Å²) < 4.78 is 15.6. The van der Waals surface area contributed by atoms with Gasteiger partial charge in [0, 0.05) is 30.5 Å². The fraction of sp³-hybridized carbons (Fsp3) is 0.111. The summed E-state index contributed by atoms with van der Waals surface area (Å²) >= 11 is 5.80. The van der Waals surface area contributed by atoms with Gasteiger partial charge in [0.2, 0.25) is 0 Å². The fourth-order valence-corrected chi connectivity index (χ4v) is 2.54. The second-order valence-corrected chi connectivity index (χ2v) is 5.92. The molecule has 0 radical (unpaired) electrons. The van der Waals surface area contributed by atoms with E-state index in [1.165, 1.54) is 18.2 Å². The zero-order chi connectivity index (χ0) is 17.6. The normalized spacial score (nSPS) is 10.5. The number of amides is 2. The smallest absolute Gasteiger partial charge is 0.319 e. The number of urea groups is 1. The maximum absolute atomic E-state index is 13.6. The minimum absolute atomic E-state index is 0.0406. The van der Waals surface area contributed by atoms with Gasteiger partial charge in [-0.2, -0.15) is 0 Å². The molecular weight excluding hydrogens is 343 g/mol. The largest absolute Gasteiger partial charge is 0.334 e. The van der Waals surface area contributed by atoms with Gasteiger partial charge in [0.1, 0.15) is 5.82 Å². The number of hydrogen-bond acceptors (Lipinski definition) is 2. The highest BCUT2D eigenvalue weighted by Gasteiger charge is 2.07. The van der Waals surface area contributed by atoms with Crippen LogP contribution in [0.4, 0.5) is 14.9 Å². The van der Waals surface area contributed by atoms with Gasteiger partial charge >= 0.3 is 6.03 Å². The van der Waals surface area contributed by atoms with Gasteiger partial charge < -0.3 is 15.2 Å². The lowest BCUT2D eigenvalue weighted by Crippen LogP contribution is -2.28. The first-order valence-corrected chi connectivity index (χ1v) is 8.01. The number of hydrogen-bond donors (Lipinski definition) is 2. The van der Waals surface area contributed by atoms with Crippen LogP contribution in [0.15, 0.2) is 61.2 Å². The van der Waals surface area contributed by atoms with E-state index in [-0.39, 0.29) is 5.69 Å². The Balaban J connectivity index is 1.57. The Hall–Kier alpha value is -2.86. The maximum atomic E-state index is 13.6. The highest BCUT2D eigenvalue weighted by atomic mass is 35.5. The van der Waals surface area contributed by atoms with Crippen molar-refractivity contribution in [2.75, 3.05) is 5.32 Å². The van der Waals surface area contributed by atoms with Crippen LogP contribution in [-0.2, 0) is 13.1 Å². The first-order chi connectivity index (χ1) is 12.1. The van der Waals surface area contributed by atoms with Crippen molar-refractivity contribution in [1.29, 1.82) is 0 Å². The van der Waals surface area contributed by atoms with Crippen LogP contribution >= 0.6 is 11.6 Å². The predicted octanol–water partition coefficient (Wildman–Crippen LogP) is 4.05. The Morgan fingerprint density at radius 1 is 1.20 bits per heavy atom. The number of carbonyl (C=O) groups is 1. The number of nitrogens with one attached hydrogen (secondary N) is 2. The highest BCUT2D eigenvalue weighted by molar-refractivity contribution is 6.30. The van der Waals surface area contributed by atoms with Crippen LogP contribution < -0.4 is 10.6 Å². The van der Waals surface area contributed by atoms with Crippen LogP contribution in [0.5, 0.6) is 0 Å². The Morgan fingerprint density at radius 3 is 2.84 bits per heavy atom. The van der Waals surface area contributed by atoms with Crippen LogP contribution in [0.3, 0.4) is 0 Å². The molecule has 2 N–H and O–H groups in total. The van der Waals surface area contributed by atoms with Crippen molar-refractivity contribution < 1.29 is 9.18 Å². The molecule has 1 aromatic heterocycles. The molecule has 0 atom stereocenters. The Bertz CT molecular complexity index is 867. The molecule has 0 saturated carbocycles. The van der Waals surface area contributed by atoms with Gasteiger partial charge in [0.05, 0.1) is 12.0 Å². The lowest BCUT2D eigenvalue weighted by molar-refractivity contribution is 0.251. The average molecular weight is 359 g/mol. The summed E-state index contributed by atoms with van der Waals surface area (Å²) in [5.41, 5.74) is 2.08. The van der Waals surface area contributed by atoms with Gasteiger partial charge in [-0.3, -0.25) is 0 Å². The molecule has 25 heavy (non-hydrogen) atoms. The van der Waals surface area contributed by atoms with E-state index in [1.807, 2.05) is 35.0 Å². The molecule has 1 heterocycles. The van der Waals surface area contributed by atoms with Crippen LogP contribution in [0.25, 0.3) is 0 Å². The topological polar surface area (TPSA) is 59.0 Å². The van der Waals surface area contributed by atoms with Gasteiger partial charge in [0.15, 0.2) is 0 Å². The molecule has 0 aliphatic rings. The molecule has 3 rings (SSSR count). The molecule has 7 heteroatoms. The summed E-state index contributed by atoms with van der Waals surface area (Å²) in [5.74, 6) is -0.540. The van der Waals surface area contributed by atoms with Crippen molar-refractivity contribution >= 4 is 23.3 Å². The molecule has 5 nitrogen and oxygen atoms in total. The second kappa shape index (κ2) is 7.81. The summed E-state index contributed by atoms with van der Waals surface area (Å²) in [4.78, 5) is 16.0. The molecule has 0 fully saturated rings. The van der Waals surface area contributed by atoms with Gasteiger partial charge in [-0.1, -0.05) is 35.9 Å². The standard InChI is InChI=1S/C18H16ClFN4O/c19-15-4-5-16(20)17(9-15)23-18(25)22-10-13-2-1-3-14(8-13)11-24-7-6-21-12-24/h1-9,12H,10-11H2,(H2,22,23,25). The van der Waals surface area contributed by atoms with E-state index in [9.17, 15) is 9.18 Å². The molecule has 128 valence electrons. The Morgan fingerprint density at radius 2 is 2.04 bits per heavy atom. The molecule has 0 bridgehead atoms. The number of benzene rings is 2. The summed E-state index contributed by atoms with van der Waals surface area (Å²) in [5, 5.41) is 5.50. The zero-order valence-electron chi connectivity index (χ0n) is 13.2. The van der Waals surface area contributed by atoms with E-state index >= 15 is 0 Å². The zero-order valence-corrected chi connectivity index (χ0v) is 14.0. The van der Waals surface area contributed by atoms with E-state index in [4.69, 9.17) is 11.6 Å². The van der Waals surface area contributed by atoms with E-state index in [0.717, 1.165) is 11.1 Å². The lowest BCUT2D eigenvalue weighted by atomic mass is 10.1. The third kappa shape index (κ3) is 4.81. The number of aromatic nitrogens is 2. The number of halogens is 2. The van der Waals surface area contributed by atoms with Gasteiger partial charge in [0.25, 0.3) is 0 Å². The summed E-state index contributed by atoms with van der Waals surface area (Å²) in [7, 11) is 0. The average Bonchev–Trinajstić information content (AvgIpc) is 3.10. The van der Waals surface area contributed by atoms with Crippen LogP contribution in [0, 0.1) is 5.82 Å². The van der Waals surface area contributed by atoms with Gasteiger partial charge in [-0.15, -0.1) is 0 Å². The number of carbonyl (C=O) groups excluding carboxylic acids is 1. The third-order valence-corrected chi connectivity index (χ3v) is 3.78. The highest BCUT2D eigenvalue weighted by Crippen LogP contribution is 2.19. The first kappa shape index (κ1) is 17.0. The summed E-state index contributed by atoms with van der Waals surface area (Å²) in [6.07, 6.45) is 5.36. The minimum atomic E-state index is -0.540. The van der Waals surface area contributed by atoms with Crippen molar-refractivity contribution in [3.05, 3.63) is 83.2 Å². The van der Waals surface area contributed by atoms with E-state index in [1.54, 1.807) is 12.5 Å². The number of imidazole rings is 1. The second-order valence-electron chi connectivity index (χ2n) is 5.49. The fourth-order valence-electron chi connectivity index (χ4n) is 2.37. The van der Waals surface area contributed by atoms with Crippen molar-refractivity contribution in [3.8, 4) is 0 Å². The van der Waals surface area contributed by atoms with Crippen molar-refractivity contribution in [2.24, 2.45) is 0 Å². The van der Waals surface area contributed by atoms with Crippen molar-refractivity contribution in [1.82, 2.24) is 14.9 Å². The maximum Gasteiger partial charge on any atom is 0.319 e. The lowest BCUT2D eigenvalue weighted by Gasteiger charge is -2.10. The summed E-state index contributed by atoms with van der Waals surface area (Å²) in [6, 6.07) is 11.3. The molecule has 3 aromatic rings. The number of anilines is 1. The van der Waals surface area contributed by atoms with Crippen LogP contribution in [0.2, 0.25) is 5.02 Å².